The van der Waals surface area contributed by atoms with Gasteiger partial charge in [0.05, 0.1) is 22.7 Å². The number of hydrogen-bond acceptors (Lipinski definition) is 6. The molecule has 0 radical (unpaired) electrons. The van der Waals surface area contributed by atoms with Crippen LogP contribution in [0, 0.1) is 18.3 Å². The number of rotatable bonds is 7. The number of amides is 1. The molecule has 6 nitrogen and oxygen atoms in total. The number of carbonyl (C=O) groups excluding carboxylic acids is 2. The zero-order valence-corrected chi connectivity index (χ0v) is 16.7. The molecular weight excluding hydrogens is 386 g/mol. The van der Waals surface area contributed by atoms with Crippen molar-refractivity contribution in [3.63, 3.8) is 0 Å². The lowest BCUT2D eigenvalue weighted by atomic mass is 10.2. The van der Waals surface area contributed by atoms with Gasteiger partial charge in [-0.15, -0.1) is 11.3 Å². The molecule has 1 aromatic heterocycles. The highest BCUT2D eigenvalue weighted by Crippen LogP contribution is 2.22. The van der Waals surface area contributed by atoms with Crippen LogP contribution in [0.4, 0.5) is 5.69 Å². The van der Waals surface area contributed by atoms with Crippen LogP contribution in [-0.2, 0) is 14.3 Å². The van der Waals surface area contributed by atoms with Crippen molar-refractivity contribution in [1.82, 2.24) is 4.98 Å². The van der Waals surface area contributed by atoms with E-state index in [1.807, 2.05) is 49.4 Å². The number of anilines is 1. The SMILES string of the molecule is Cc1ccc(N(CCC#N)C(=O)COC(=O)/C=C/c2nc3ccccc3s2)cc1. The van der Waals surface area contributed by atoms with Gasteiger partial charge in [-0.25, -0.2) is 9.78 Å². The molecule has 1 heterocycles. The summed E-state index contributed by atoms with van der Waals surface area (Å²) in [5.41, 5.74) is 2.59. The second kappa shape index (κ2) is 9.62. The van der Waals surface area contributed by atoms with Crippen molar-refractivity contribution < 1.29 is 14.3 Å². The third-order valence-electron chi connectivity index (χ3n) is 4.10. The van der Waals surface area contributed by atoms with E-state index in [0.717, 1.165) is 15.8 Å². The fourth-order valence-electron chi connectivity index (χ4n) is 2.64. The zero-order valence-electron chi connectivity index (χ0n) is 15.9. The van der Waals surface area contributed by atoms with Gasteiger partial charge in [-0.2, -0.15) is 5.26 Å². The Hall–Kier alpha value is -3.50. The second-order valence-electron chi connectivity index (χ2n) is 6.25. The molecule has 0 N–H and O–H groups in total. The van der Waals surface area contributed by atoms with Crippen molar-refractivity contribution in [2.45, 2.75) is 13.3 Å². The normalized spacial score (nSPS) is 10.8. The first-order valence-corrected chi connectivity index (χ1v) is 9.83. The van der Waals surface area contributed by atoms with Crippen LogP contribution in [0.2, 0.25) is 0 Å². The summed E-state index contributed by atoms with van der Waals surface area (Å²) < 4.78 is 6.11. The van der Waals surface area contributed by atoms with Gasteiger partial charge < -0.3 is 9.64 Å². The standard InChI is InChI=1S/C22H19N3O3S/c1-16-7-9-17(10-8-16)25(14-4-13-23)21(26)15-28-22(27)12-11-20-24-18-5-2-3-6-19(18)29-20/h2-3,5-12H,4,14-15H2,1H3/b12-11+. The number of carbonyl (C=O) groups is 2. The summed E-state index contributed by atoms with van der Waals surface area (Å²) >= 11 is 1.46. The summed E-state index contributed by atoms with van der Waals surface area (Å²) in [6.07, 6.45) is 3.02. The predicted molar refractivity (Wildman–Crippen MR) is 113 cm³/mol. The third-order valence-corrected chi connectivity index (χ3v) is 5.11. The Balaban J connectivity index is 1.60. The number of hydrogen-bond donors (Lipinski definition) is 0. The molecule has 0 unspecified atom stereocenters. The van der Waals surface area contributed by atoms with Crippen LogP contribution < -0.4 is 4.90 Å². The molecule has 0 fully saturated rings. The van der Waals surface area contributed by atoms with Gasteiger partial charge >= 0.3 is 5.97 Å². The Morgan fingerprint density at radius 3 is 2.69 bits per heavy atom. The number of esters is 1. The van der Waals surface area contributed by atoms with E-state index in [-0.39, 0.29) is 18.9 Å². The number of para-hydroxylation sites is 1. The van der Waals surface area contributed by atoms with E-state index in [9.17, 15) is 9.59 Å². The average molecular weight is 405 g/mol. The molecule has 0 bridgehead atoms. The highest BCUT2D eigenvalue weighted by Gasteiger charge is 2.17. The molecule has 0 aliphatic heterocycles. The molecule has 0 aliphatic rings. The number of fused-ring (bicyclic) bond motifs is 1. The smallest absolute Gasteiger partial charge is 0.331 e. The predicted octanol–water partition coefficient (Wildman–Crippen LogP) is 4.11. The lowest BCUT2D eigenvalue weighted by Crippen LogP contribution is -2.35. The van der Waals surface area contributed by atoms with Crippen LogP contribution in [-0.4, -0.2) is 30.0 Å². The molecule has 1 amide bonds. The Morgan fingerprint density at radius 2 is 1.97 bits per heavy atom. The topological polar surface area (TPSA) is 83.3 Å². The second-order valence-corrected chi connectivity index (χ2v) is 7.31. The maximum atomic E-state index is 12.5. The lowest BCUT2D eigenvalue weighted by molar-refractivity contribution is -0.142. The lowest BCUT2D eigenvalue weighted by Gasteiger charge is -2.21. The van der Waals surface area contributed by atoms with Crippen LogP contribution in [0.1, 0.15) is 17.0 Å². The molecule has 0 aliphatic carbocycles. The van der Waals surface area contributed by atoms with Gasteiger partial charge in [0, 0.05) is 18.3 Å². The number of benzene rings is 2. The van der Waals surface area contributed by atoms with Crippen molar-refractivity contribution in [2.24, 2.45) is 0 Å². The number of aryl methyl sites for hydroxylation is 1. The molecule has 0 saturated carbocycles. The molecule has 7 heteroatoms. The molecule has 2 aromatic carbocycles. The fourth-order valence-corrected chi connectivity index (χ4v) is 3.51. The highest BCUT2D eigenvalue weighted by atomic mass is 32.1. The Labute approximate surface area is 172 Å². The van der Waals surface area contributed by atoms with Crippen molar-refractivity contribution >= 4 is 45.2 Å². The van der Waals surface area contributed by atoms with Gasteiger partial charge in [0.1, 0.15) is 5.01 Å². The van der Waals surface area contributed by atoms with E-state index >= 15 is 0 Å². The van der Waals surface area contributed by atoms with Crippen LogP contribution in [0.5, 0.6) is 0 Å². The molecule has 3 rings (SSSR count). The fraction of sp³-hybridized carbons (Fsp3) is 0.182. The van der Waals surface area contributed by atoms with Crippen LogP contribution >= 0.6 is 11.3 Å². The monoisotopic (exact) mass is 405 g/mol. The molecule has 0 atom stereocenters. The zero-order chi connectivity index (χ0) is 20.6. The van der Waals surface area contributed by atoms with Gasteiger partial charge in [0.15, 0.2) is 6.61 Å². The molecular formula is C22H19N3O3S. The minimum absolute atomic E-state index is 0.186. The molecule has 3 aromatic rings. The summed E-state index contributed by atoms with van der Waals surface area (Å²) in [6.45, 7) is 1.78. The summed E-state index contributed by atoms with van der Waals surface area (Å²) in [7, 11) is 0. The third kappa shape index (κ3) is 5.50. The largest absolute Gasteiger partial charge is 0.452 e. The van der Waals surface area contributed by atoms with Gasteiger partial charge in [-0.1, -0.05) is 29.8 Å². The Bertz CT molecular complexity index is 1050. The summed E-state index contributed by atoms with van der Waals surface area (Å²) in [5.74, 6) is -1.01. The molecule has 0 spiro atoms. The summed E-state index contributed by atoms with van der Waals surface area (Å²) in [4.78, 5) is 30.4. The van der Waals surface area contributed by atoms with E-state index in [1.54, 1.807) is 18.2 Å². The van der Waals surface area contributed by atoms with Crippen molar-refractivity contribution in [2.75, 3.05) is 18.1 Å². The van der Waals surface area contributed by atoms with Gasteiger partial charge in [0.2, 0.25) is 0 Å². The van der Waals surface area contributed by atoms with Crippen molar-refractivity contribution in [3.05, 3.63) is 65.2 Å². The number of ether oxygens (including phenoxy) is 1. The Kier molecular flexibility index (Phi) is 6.72. The van der Waals surface area contributed by atoms with Gasteiger partial charge in [-0.05, 0) is 37.3 Å². The van der Waals surface area contributed by atoms with E-state index < -0.39 is 12.6 Å². The number of thiazole rings is 1. The Morgan fingerprint density at radius 1 is 1.21 bits per heavy atom. The first-order chi connectivity index (χ1) is 14.1. The number of aromatic nitrogens is 1. The molecule has 146 valence electrons. The minimum Gasteiger partial charge on any atom is -0.452 e. The van der Waals surface area contributed by atoms with Crippen LogP contribution in [0.15, 0.2) is 54.6 Å². The van der Waals surface area contributed by atoms with Crippen molar-refractivity contribution in [3.8, 4) is 6.07 Å². The van der Waals surface area contributed by atoms with Crippen LogP contribution in [0.3, 0.4) is 0 Å². The molecule has 0 saturated heterocycles. The van der Waals surface area contributed by atoms with E-state index in [1.165, 1.54) is 22.3 Å². The maximum absolute atomic E-state index is 12.5. The first kappa shape index (κ1) is 20.2. The quantitative estimate of drug-likeness (QED) is 0.436. The minimum atomic E-state index is -0.623. The average Bonchev–Trinajstić information content (AvgIpc) is 3.15. The maximum Gasteiger partial charge on any atom is 0.331 e. The number of nitrogens with zero attached hydrogens (tertiary/aromatic N) is 3. The van der Waals surface area contributed by atoms with Gasteiger partial charge in [-0.3, -0.25) is 4.79 Å². The van der Waals surface area contributed by atoms with E-state index in [4.69, 9.17) is 10.00 Å². The van der Waals surface area contributed by atoms with Gasteiger partial charge in [0.25, 0.3) is 5.91 Å². The number of nitriles is 1. The summed E-state index contributed by atoms with van der Waals surface area (Å²) in [6, 6.07) is 17.1. The van der Waals surface area contributed by atoms with E-state index in [0.29, 0.717) is 10.7 Å². The first-order valence-electron chi connectivity index (χ1n) is 9.01. The molecule has 29 heavy (non-hydrogen) atoms. The van der Waals surface area contributed by atoms with Crippen molar-refractivity contribution in [1.29, 1.82) is 5.26 Å². The summed E-state index contributed by atoms with van der Waals surface area (Å²) in [5, 5.41) is 9.53. The van der Waals surface area contributed by atoms with Crippen LogP contribution in [0.25, 0.3) is 16.3 Å². The van der Waals surface area contributed by atoms with E-state index in [2.05, 4.69) is 4.98 Å². The highest BCUT2D eigenvalue weighted by molar-refractivity contribution is 7.19.